The van der Waals surface area contributed by atoms with E-state index in [1.165, 1.54) is 44.2 Å². The SMILES string of the molecule is Cc1ccc(-n2c3ccccc3c3ccccc32)c(-c2ccccc2-c2cccc3c2oc2ccccc23)c1. The predicted molar refractivity (Wildman–Crippen MR) is 164 cm³/mol. The van der Waals surface area contributed by atoms with Crippen molar-refractivity contribution in [2.45, 2.75) is 6.92 Å². The van der Waals surface area contributed by atoms with Gasteiger partial charge in [0.25, 0.3) is 0 Å². The summed E-state index contributed by atoms with van der Waals surface area (Å²) in [6.45, 7) is 2.17. The molecule has 0 bridgehead atoms. The Morgan fingerprint density at radius 1 is 0.462 bits per heavy atom. The van der Waals surface area contributed by atoms with Gasteiger partial charge in [-0.15, -0.1) is 0 Å². The molecule has 2 nitrogen and oxygen atoms in total. The third-order valence-electron chi connectivity index (χ3n) is 7.88. The first-order chi connectivity index (χ1) is 19.3. The summed E-state index contributed by atoms with van der Waals surface area (Å²) in [7, 11) is 0. The first-order valence-corrected chi connectivity index (χ1v) is 13.4. The van der Waals surface area contributed by atoms with Gasteiger partial charge in [0, 0.05) is 32.7 Å². The van der Waals surface area contributed by atoms with Crippen LogP contribution >= 0.6 is 0 Å². The van der Waals surface area contributed by atoms with Crippen molar-refractivity contribution in [3.63, 3.8) is 0 Å². The molecule has 0 aliphatic carbocycles. The Morgan fingerprint density at radius 2 is 1.03 bits per heavy atom. The normalized spacial score (nSPS) is 11.7. The van der Waals surface area contributed by atoms with Gasteiger partial charge in [-0.25, -0.2) is 0 Å². The van der Waals surface area contributed by atoms with Gasteiger partial charge in [-0.05, 0) is 48.4 Å². The predicted octanol–water partition coefficient (Wildman–Crippen LogP) is 10.3. The Labute approximate surface area is 226 Å². The first-order valence-electron chi connectivity index (χ1n) is 13.4. The van der Waals surface area contributed by atoms with E-state index in [-0.39, 0.29) is 0 Å². The number of fused-ring (bicyclic) bond motifs is 6. The molecule has 0 aliphatic heterocycles. The van der Waals surface area contributed by atoms with Crippen LogP contribution < -0.4 is 0 Å². The molecule has 0 fully saturated rings. The van der Waals surface area contributed by atoms with Gasteiger partial charge in [0.05, 0.1) is 16.7 Å². The second-order valence-electron chi connectivity index (χ2n) is 10.2. The van der Waals surface area contributed by atoms with Crippen LogP contribution in [0.25, 0.3) is 71.7 Å². The number of hydrogen-bond acceptors (Lipinski definition) is 1. The highest BCUT2D eigenvalue weighted by Gasteiger charge is 2.19. The largest absolute Gasteiger partial charge is 0.455 e. The van der Waals surface area contributed by atoms with Crippen LogP contribution in [0.3, 0.4) is 0 Å². The molecule has 0 aliphatic rings. The summed E-state index contributed by atoms with van der Waals surface area (Å²) in [6.07, 6.45) is 0. The van der Waals surface area contributed by atoms with Crippen LogP contribution in [0.5, 0.6) is 0 Å². The smallest absolute Gasteiger partial charge is 0.143 e. The molecule has 2 heteroatoms. The Kier molecular flexibility index (Phi) is 4.77. The number of nitrogens with zero attached hydrogens (tertiary/aromatic N) is 1. The van der Waals surface area contributed by atoms with Gasteiger partial charge in [-0.2, -0.15) is 0 Å². The summed E-state index contributed by atoms with van der Waals surface area (Å²) >= 11 is 0. The number of rotatable bonds is 3. The fourth-order valence-corrected chi connectivity index (χ4v) is 6.15. The maximum absolute atomic E-state index is 6.47. The molecule has 8 rings (SSSR count). The lowest BCUT2D eigenvalue weighted by Crippen LogP contribution is -1.99. The van der Waals surface area contributed by atoms with Crippen LogP contribution in [0.4, 0.5) is 0 Å². The van der Waals surface area contributed by atoms with Gasteiger partial charge in [0.2, 0.25) is 0 Å². The lowest BCUT2D eigenvalue weighted by molar-refractivity contribution is 0.670. The summed E-state index contributed by atoms with van der Waals surface area (Å²) in [4.78, 5) is 0. The monoisotopic (exact) mass is 499 g/mol. The molecule has 0 N–H and O–H groups in total. The van der Waals surface area contributed by atoms with Crippen molar-refractivity contribution >= 4 is 43.7 Å². The average Bonchev–Trinajstić information content (AvgIpc) is 3.53. The lowest BCUT2D eigenvalue weighted by atomic mass is 9.91. The van der Waals surface area contributed by atoms with Crippen LogP contribution in [0, 0.1) is 6.92 Å². The van der Waals surface area contributed by atoms with Crippen molar-refractivity contribution < 1.29 is 4.42 Å². The molecule has 0 unspecified atom stereocenters. The van der Waals surface area contributed by atoms with Crippen LogP contribution in [-0.4, -0.2) is 4.57 Å². The molecule has 0 spiro atoms. The summed E-state index contributed by atoms with van der Waals surface area (Å²) in [6, 6.07) is 47.7. The fourth-order valence-electron chi connectivity index (χ4n) is 6.15. The molecule has 2 heterocycles. The highest BCUT2D eigenvalue weighted by molar-refractivity contribution is 6.12. The lowest BCUT2D eigenvalue weighted by Gasteiger charge is -2.18. The van der Waals surface area contributed by atoms with E-state index in [1.807, 2.05) is 12.1 Å². The zero-order valence-electron chi connectivity index (χ0n) is 21.6. The van der Waals surface area contributed by atoms with E-state index in [9.17, 15) is 0 Å². The standard InChI is InChI=1S/C37H25NO/c1-24-21-22-35(38-33-18-7-4-13-27(33)28-14-5-8-19-34(28)38)32(23-24)26-12-3-2-11-25(26)30-16-10-17-31-29-15-6-9-20-36(29)39-37(30)31/h2-23H,1H3. The third kappa shape index (κ3) is 3.28. The van der Waals surface area contributed by atoms with Crippen LogP contribution in [0.2, 0.25) is 0 Å². The molecule has 39 heavy (non-hydrogen) atoms. The molecule has 8 aromatic rings. The Hall–Kier alpha value is -5.08. The zero-order valence-corrected chi connectivity index (χ0v) is 21.6. The summed E-state index contributed by atoms with van der Waals surface area (Å²) in [5.41, 5.74) is 11.3. The number of hydrogen-bond donors (Lipinski definition) is 0. The fraction of sp³-hybridized carbons (Fsp3) is 0.0270. The van der Waals surface area contributed by atoms with Crippen molar-refractivity contribution in [1.29, 1.82) is 0 Å². The summed E-state index contributed by atoms with van der Waals surface area (Å²) < 4.78 is 8.88. The zero-order chi connectivity index (χ0) is 25.9. The molecule has 0 radical (unpaired) electrons. The molecule has 0 saturated carbocycles. The van der Waals surface area contributed by atoms with Crippen LogP contribution in [0.1, 0.15) is 5.56 Å². The van der Waals surface area contributed by atoms with Gasteiger partial charge in [-0.3, -0.25) is 0 Å². The summed E-state index contributed by atoms with van der Waals surface area (Å²) in [5, 5.41) is 4.82. The topological polar surface area (TPSA) is 18.1 Å². The van der Waals surface area contributed by atoms with E-state index in [4.69, 9.17) is 4.42 Å². The Bertz CT molecular complexity index is 2140. The molecule has 0 amide bonds. The van der Waals surface area contributed by atoms with Crippen LogP contribution in [-0.2, 0) is 0 Å². The van der Waals surface area contributed by atoms with Crippen molar-refractivity contribution in [1.82, 2.24) is 4.57 Å². The Morgan fingerprint density at radius 3 is 1.77 bits per heavy atom. The second kappa shape index (κ2) is 8.47. The van der Waals surface area contributed by atoms with Gasteiger partial charge in [-0.1, -0.05) is 109 Å². The van der Waals surface area contributed by atoms with E-state index in [1.54, 1.807) is 0 Å². The number of benzene rings is 6. The first kappa shape index (κ1) is 22.0. The molecular weight excluding hydrogens is 474 g/mol. The third-order valence-corrected chi connectivity index (χ3v) is 7.88. The average molecular weight is 500 g/mol. The van der Waals surface area contributed by atoms with Gasteiger partial charge in [0.15, 0.2) is 0 Å². The highest BCUT2D eigenvalue weighted by Crippen LogP contribution is 2.43. The van der Waals surface area contributed by atoms with E-state index in [2.05, 4.69) is 133 Å². The van der Waals surface area contributed by atoms with Crippen molar-refractivity contribution in [2.75, 3.05) is 0 Å². The number of aryl methyl sites for hydroxylation is 1. The minimum atomic E-state index is 0.916. The van der Waals surface area contributed by atoms with E-state index < -0.39 is 0 Å². The second-order valence-corrected chi connectivity index (χ2v) is 10.2. The van der Waals surface area contributed by atoms with E-state index in [0.29, 0.717) is 0 Å². The summed E-state index contributed by atoms with van der Waals surface area (Å²) in [5.74, 6) is 0. The minimum absolute atomic E-state index is 0.916. The van der Waals surface area contributed by atoms with Crippen LogP contribution in [0.15, 0.2) is 138 Å². The van der Waals surface area contributed by atoms with E-state index >= 15 is 0 Å². The molecule has 184 valence electrons. The number of furan rings is 1. The van der Waals surface area contributed by atoms with E-state index in [0.717, 1.165) is 33.1 Å². The highest BCUT2D eigenvalue weighted by atomic mass is 16.3. The van der Waals surface area contributed by atoms with Gasteiger partial charge < -0.3 is 8.98 Å². The number of para-hydroxylation sites is 4. The molecule has 6 aromatic carbocycles. The Balaban J connectivity index is 1.44. The minimum Gasteiger partial charge on any atom is -0.455 e. The quantitative estimate of drug-likeness (QED) is 0.236. The van der Waals surface area contributed by atoms with Gasteiger partial charge in [0.1, 0.15) is 11.2 Å². The van der Waals surface area contributed by atoms with Crippen molar-refractivity contribution in [2.24, 2.45) is 0 Å². The maximum atomic E-state index is 6.47. The van der Waals surface area contributed by atoms with Gasteiger partial charge >= 0.3 is 0 Å². The molecule has 2 aromatic heterocycles. The van der Waals surface area contributed by atoms with Crippen molar-refractivity contribution in [3.05, 3.63) is 139 Å². The maximum Gasteiger partial charge on any atom is 0.143 e. The number of aromatic nitrogens is 1. The molecule has 0 saturated heterocycles. The van der Waals surface area contributed by atoms with Crippen molar-refractivity contribution in [3.8, 4) is 27.9 Å². The molecular formula is C37H25NO. The molecule has 0 atom stereocenters.